The molecule has 5 aliphatic carbocycles. The summed E-state index contributed by atoms with van der Waals surface area (Å²) in [6.07, 6.45) is 17.2. The molecule has 0 aliphatic heterocycles. The van der Waals surface area contributed by atoms with Crippen molar-refractivity contribution in [3.05, 3.63) is 41.2 Å². The lowest BCUT2D eigenvalue weighted by Crippen LogP contribution is -2.51. The molecule has 0 radical (unpaired) electrons. The number of ether oxygens (including phenoxy) is 2. The van der Waals surface area contributed by atoms with Crippen LogP contribution in [-0.2, 0) is 19.1 Å². The number of nitrogens with zero attached hydrogens (tertiary/aromatic N) is 1. The van der Waals surface area contributed by atoms with Crippen LogP contribution in [0.2, 0.25) is 0 Å². The summed E-state index contributed by atoms with van der Waals surface area (Å²) in [6.45, 7) is 8.52. The molecule has 5 heteroatoms. The summed E-state index contributed by atoms with van der Waals surface area (Å²) in [5.41, 5.74) is 4.06. The molecular formula is C34H47NO4. The Morgan fingerprint density at radius 3 is 2.59 bits per heavy atom. The number of esters is 2. The molecule has 1 aromatic heterocycles. The van der Waals surface area contributed by atoms with Crippen molar-refractivity contribution < 1.29 is 19.1 Å². The Morgan fingerprint density at radius 1 is 0.974 bits per heavy atom. The molecule has 0 N–H and O–H groups in total. The minimum atomic E-state index is -0.162. The van der Waals surface area contributed by atoms with Crippen LogP contribution in [0.5, 0.6) is 0 Å². The molecule has 0 amide bonds. The Hall–Kier alpha value is -2.17. The molecule has 0 unspecified atom stereocenters. The Bertz CT molecular complexity index is 1140. The van der Waals surface area contributed by atoms with Crippen molar-refractivity contribution in [3.8, 4) is 0 Å². The molecule has 0 spiro atoms. The van der Waals surface area contributed by atoms with E-state index < -0.39 is 0 Å². The first-order valence-electron chi connectivity index (χ1n) is 15.7. The molecular weight excluding hydrogens is 486 g/mol. The van der Waals surface area contributed by atoms with Gasteiger partial charge in [0.2, 0.25) is 0 Å². The lowest BCUT2D eigenvalue weighted by Gasteiger charge is -2.58. The molecule has 0 aromatic carbocycles. The SMILES string of the molecule is CC(=O)O[C@H]1CC[C@@]2(C)C(=CC[C@H]3[C@@H]4CC[C@H](C(=O)O[C@H]5CCCC[C@@H]5c5cc(C)ccn5)[C@@]4(C)CC[C@@H]32)C1. The van der Waals surface area contributed by atoms with Gasteiger partial charge in [-0.2, -0.15) is 0 Å². The summed E-state index contributed by atoms with van der Waals surface area (Å²) in [5, 5.41) is 0. The summed E-state index contributed by atoms with van der Waals surface area (Å²) in [6, 6.07) is 4.22. The number of allylic oxidation sites excluding steroid dienone is 1. The summed E-state index contributed by atoms with van der Waals surface area (Å²) >= 11 is 0. The maximum Gasteiger partial charge on any atom is 0.309 e. The van der Waals surface area contributed by atoms with E-state index in [0.29, 0.717) is 17.8 Å². The topological polar surface area (TPSA) is 65.5 Å². The van der Waals surface area contributed by atoms with Gasteiger partial charge in [0.1, 0.15) is 12.2 Å². The second kappa shape index (κ2) is 10.3. The van der Waals surface area contributed by atoms with Crippen molar-refractivity contribution >= 4 is 11.9 Å². The van der Waals surface area contributed by atoms with Crippen LogP contribution in [0.1, 0.15) is 115 Å². The first-order chi connectivity index (χ1) is 18.7. The van der Waals surface area contributed by atoms with Gasteiger partial charge in [-0.15, -0.1) is 0 Å². The predicted octanol–water partition coefficient (Wildman–Crippen LogP) is 7.47. The van der Waals surface area contributed by atoms with Crippen molar-refractivity contribution in [3.63, 3.8) is 0 Å². The van der Waals surface area contributed by atoms with Gasteiger partial charge in [-0.25, -0.2) is 0 Å². The summed E-state index contributed by atoms with van der Waals surface area (Å²) in [4.78, 5) is 30.1. The molecule has 1 heterocycles. The van der Waals surface area contributed by atoms with Gasteiger partial charge in [-0.1, -0.05) is 31.9 Å². The highest BCUT2D eigenvalue weighted by Gasteiger charge is 2.60. The van der Waals surface area contributed by atoms with Crippen LogP contribution in [0.4, 0.5) is 0 Å². The molecule has 4 saturated carbocycles. The number of carbonyl (C=O) groups excluding carboxylic acids is 2. The fraction of sp³-hybridized carbons (Fsp3) is 0.735. The highest BCUT2D eigenvalue weighted by Crippen LogP contribution is 2.66. The zero-order valence-corrected chi connectivity index (χ0v) is 24.4. The summed E-state index contributed by atoms with van der Waals surface area (Å²) < 4.78 is 12.1. The zero-order chi connectivity index (χ0) is 27.4. The maximum atomic E-state index is 13.9. The number of pyridine rings is 1. The number of hydrogen-bond acceptors (Lipinski definition) is 5. The Kier molecular flexibility index (Phi) is 7.17. The average molecular weight is 534 g/mol. The molecule has 9 atom stereocenters. The van der Waals surface area contributed by atoms with Crippen LogP contribution in [0.15, 0.2) is 30.0 Å². The fourth-order valence-corrected chi connectivity index (χ4v) is 9.92. The molecule has 5 aliphatic rings. The second-order valence-electron chi connectivity index (χ2n) is 14.0. The first kappa shape index (κ1) is 27.0. The Labute approximate surface area is 234 Å². The van der Waals surface area contributed by atoms with Crippen LogP contribution in [-0.4, -0.2) is 29.1 Å². The van der Waals surface area contributed by atoms with Crippen LogP contribution >= 0.6 is 0 Å². The van der Waals surface area contributed by atoms with Gasteiger partial charge in [0.25, 0.3) is 0 Å². The van der Waals surface area contributed by atoms with Crippen LogP contribution < -0.4 is 0 Å². The van der Waals surface area contributed by atoms with Crippen LogP contribution in [0.3, 0.4) is 0 Å². The summed E-state index contributed by atoms with van der Waals surface area (Å²) in [7, 11) is 0. The minimum absolute atomic E-state index is 0.00869. The molecule has 1 aromatic rings. The molecule has 0 bridgehead atoms. The molecule has 5 nitrogen and oxygen atoms in total. The standard InChI is InChI=1S/C34H47NO4/c1-21-15-18-35-30(19-21)26-7-5-6-8-31(26)39-32(37)29-12-11-27-25-10-9-23-20-24(38-22(2)36)13-16-33(23,3)28(25)14-17-34(27,29)4/h9,15,18-19,24-29,31H,5-8,10-14,16-17,20H2,1-4H3/t24-,25-,26+,27-,28-,29+,31-,33-,34-/m0/s1. The van der Waals surface area contributed by atoms with E-state index in [1.54, 1.807) is 0 Å². The van der Waals surface area contributed by atoms with Crippen LogP contribution in [0, 0.1) is 41.4 Å². The monoisotopic (exact) mass is 533 g/mol. The van der Waals surface area contributed by atoms with E-state index in [1.165, 1.54) is 30.9 Å². The maximum absolute atomic E-state index is 13.9. The number of hydrogen-bond donors (Lipinski definition) is 0. The van der Waals surface area contributed by atoms with Gasteiger partial charge in [0.15, 0.2) is 0 Å². The first-order valence-corrected chi connectivity index (χ1v) is 15.7. The Morgan fingerprint density at radius 2 is 1.79 bits per heavy atom. The number of aryl methyl sites for hydroxylation is 1. The lowest BCUT2D eigenvalue weighted by molar-refractivity contribution is -0.164. The smallest absolute Gasteiger partial charge is 0.309 e. The third-order valence-corrected chi connectivity index (χ3v) is 12.0. The Balaban J connectivity index is 1.17. The molecule has 0 saturated heterocycles. The lowest BCUT2D eigenvalue weighted by atomic mass is 9.47. The number of rotatable bonds is 4. The van der Waals surface area contributed by atoms with Gasteiger partial charge in [0, 0.05) is 31.2 Å². The molecule has 212 valence electrons. The van der Waals surface area contributed by atoms with E-state index in [1.807, 2.05) is 12.3 Å². The van der Waals surface area contributed by atoms with Crippen molar-refractivity contribution in [1.29, 1.82) is 0 Å². The fourth-order valence-electron chi connectivity index (χ4n) is 9.92. The third-order valence-electron chi connectivity index (χ3n) is 12.0. The third kappa shape index (κ3) is 4.76. The zero-order valence-electron chi connectivity index (χ0n) is 24.4. The largest absolute Gasteiger partial charge is 0.462 e. The number of aromatic nitrogens is 1. The number of carbonyl (C=O) groups is 2. The van der Waals surface area contributed by atoms with E-state index in [0.717, 1.165) is 69.9 Å². The minimum Gasteiger partial charge on any atom is -0.462 e. The van der Waals surface area contributed by atoms with Crippen LogP contribution in [0.25, 0.3) is 0 Å². The van der Waals surface area contributed by atoms with E-state index in [2.05, 4.69) is 37.9 Å². The van der Waals surface area contributed by atoms with Crippen molar-refractivity contribution in [2.45, 2.75) is 123 Å². The normalized spacial score (nSPS) is 41.4. The van der Waals surface area contributed by atoms with E-state index in [9.17, 15) is 9.59 Å². The summed E-state index contributed by atoms with van der Waals surface area (Å²) in [5.74, 6) is 2.00. The van der Waals surface area contributed by atoms with E-state index in [-0.39, 0.29) is 46.8 Å². The van der Waals surface area contributed by atoms with E-state index >= 15 is 0 Å². The molecule has 39 heavy (non-hydrogen) atoms. The van der Waals surface area contributed by atoms with E-state index in [4.69, 9.17) is 9.47 Å². The van der Waals surface area contributed by atoms with Gasteiger partial charge < -0.3 is 9.47 Å². The highest BCUT2D eigenvalue weighted by molar-refractivity contribution is 5.74. The second-order valence-corrected chi connectivity index (χ2v) is 14.0. The molecule has 6 rings (SSSR count). The number of fused-ring (bicyclic) bond motifs is 5. The molecule has 4 fully saturated rings. The van der Waals surface area contributed by atoms with Gasteiger partial charge >= 0.3 is 11.9 Å². The van der Waals surface area contributed by atoms with Gasteiger partial charge in [-0.05, 0) is 117 Å². The highest BCUT2D eigenvalue weighted by atomic mass is 16.5. The average Bonchev–Trinajstić information content (AvgIpc) is 3.26. The predicted molar refractivity (Wildman–Crippen MR) is 151 cm³/mol. The quantitative estimate of drug-likeness (QED) is 0.297. The van der Waals surface area contributed by atoms with Gasteiger partial charge in [0.05, 0.1) is 5.92 Å². The van der Waals surface area contributed by atoms with Crippen molar-refractivity contribution in [2.75, 3.05) is 0 Å². The van der Waals surface area contributed by atoms with Crippen molar-refractivity contribution in [1.82, 2.24) is 4.98 Å². The van der Waals surface area contributed by atoms with Crippen molar-refractivity contribution in [2.24, 2.45) is 34.5 Å². The van der Waals surface area contributed by atoms with Gasteiger partial charge in [-0.3, -0.25) is 14.6 Å².